The standard InChI is InChI=1S/C11H8BrF3N2O2/c12-8-2-1-7(4-16)9(3-8)17(5-10(18)19)6-11(13,14)15/h1-3H,5-6H2,(H,18,19). The molecule has 1 aromatic rings. The number of carboxylic acid groups (broad SMARTS) is 1. The second-order valence-electron chi connectivity index (χ2n) is 3.64. The van der Waals surface area contributed by atoms with E-state index in [9.17, 15) is 18.0 Å². The molecule has 0 radical (unpaired) electrons. The van der Waals surface area contributed by atoms with Crippen molar-refractivity contribution < 1.29 is 23.1 Å². The van der Waals surface area contributed by atoms with E-state index in [-0.39, 0.29) is 11.3 Å². The van der Waals surface area contributed by atoms with Crippen molar-refractivity contribution in [2.45, 2.75) is 6.18 Å². The Labute approximate surface area is 115 Å². The summed E-state index contributed by atoms with van der Waals surface area (Å²) in [7, 11) is 0. The fraction of sp³-hybridized carbons (Fsp3) is 0.273. The molecule has 0 aliphatic heterocycles. The maximum Gasteiger partial charge on any atom is 0.405 e. The molecular formula is C11H8BrF3N2O2. The van der Waals surface area contributed by atoms with Gasteiger partial charge in [0.05, 0.1) is 11.3 Å². The lowest BCUT2D eigenvalue weighted by molar-refractivity contribution is -0.136. The third-order valence-electron chi connectivity index (χ3n) is 2.12. The number of benzene rings is 1. The number of nitrogens with zero attached hydrogens (tertiary/aromatic N) is 2. The van der Waals surface area contributed by atoms with Crippen LogP contribution in [0.15, 0.2) is 22.7 Å². The van der Waals surface area contributed by atoms with Crippen molar-refractivity contribution >= 4 is 27.6 Å². The topological polar surface area (TPSA) is 64.3 Å². The van der Waals surface area contributed by atoms with E-state index in [4.69, 9.17) is 10.4 Å². The van der Waals surface area contributed by atoms with E-state index >= 15 is 0 Å². The molecule has 102 valence electrons. The molecule has 0 saturated heterocycles. The van der Waals surface area contributed by atoms with Crippen molar-refractivity contribution in [3.63, 3.8) is 0 Å². The molecule has 0 heterocycles. The molecule has 0 amide bonds. The van der Waals surface area contributed by atoms with Crippen molar-refractivity contribution in [2.24, 2.45) is 0 Å². The zero-order chi connectivity index (χ0) is 14.6. The minimum atomic E-state index is -4.56. The molecule has 1 aromatic carbocycles. The molecule has 0 bridgehead atoms. The van der Waals surface area contributed by atoms with E-state index in [1.807, 2.05) is 0 Å². The highest BCUT2D eigenvalue weighted by Gasteiger charge is 2.32. The van der Waals surface area contributed by atoms with Gasteiger partial charge in [-0.1, -0.05) is 15.9 Å². The van der Waals surface area contributed by atoms with Gasteiger partial charge in [-0.2, -0.15) is 18.4 Å². The van der Waals surface area contributed by atoms with Crippen LogP contribution in [-0.2, 0) is 4.79 Å². The largest absolute Gasteiger partial charge is 0.480 e. The summed E-state index contributed by atoms with van der Waals surface area (Å²) in [5, 5.41) is 17.5. The maximum atomic E-state index is 12.4. The summed E-state index contributed by atoms with van der Waals surface area (Å²) in [4.78, 5) is 11.3. The van der Waals surface area contributed by atoms with Crippen LogP contribution in [0.4, 0.5) is 18.9 Å². The smallest absolute Gasteiger partial charge is 0.405 e. The van der Waals surface area contributed by atoms with E-state index in [0.717, 1.165) is 0 Å². The van der Waals surface area contributed by atoms with Crippen molar-refractivity contribution in [1.82, 2.24) is 0 Å². The maximum absolute atomic E-state index is 12.4. The second-order valence-corrected chi connectivity index (χ2v) is 4.55. The molecule has 0 unspecified atom stereocenters. The summed E-state index contributed by atoms with van der Waals surface area (Å²) in [5.74, 6) is -1.41. The molecule has 8 heteroatoms. The van der Waals surface area contributed by atoms with Crippen LogP contribution >= 0.6 is 15.9 Å². The summed E-state index contributed by atoms with van der Waals surface area (Å²) in [6.07, 6.45) is -4.56. The van der Waals surface area contributed by atoms with Gasteiger partial charge >= 0.3 is 12.1 Å². The Bertz CT molecular complexity index is 526. The van der Waals surface area contributed by atoms with Gasteiger partial charge in [0, 0.05) is 4.47 Å². The number of nitriles is 1. The number of carbonyl (C=O) groups is 1. The highest BCUT2D eigenvalue weighted by molar-refractivity contribution is 9.10. The van der Waals surface area contributed by atoms with Gasteiger partial charge in [0.15, 0.2) is 0 Å². The van der Waals surface area contributed by atoms with Crippen LogP contribution in [0.2, 0.25) is 0 Å². The lowest BCUT2D eigenvalue weighted by Crippen LogP contribution is -2.38. The Morgan fingerprint density at radius 2 is 2.11 bits per heavy atom. The third kappa shape index (κ3) is 4.79. The van der Waals surface area contributed by atoms with E-state index in [1.165, 1.54) is 18.2 Å². The fourth-order valence-corrected chi connectivity index (χ4v) is 1.82. The number of hydrogen-bond donors (Lipinski definition) is 1. The first-order valence-corrected chi connectivity index (χ1v) is 5.75. The van der Waals surface area contributed by atoms with Gasteiger partial charge in [-0.05, 0) is 18.2 Å². The number of rotatable bonds is 4. The predicted molar refractivity (Wildman–Crippen MR) is 64.8 cm³/mol. The number of anilines is 1. The quantitative estimate of drug-likeness (QED) is 0.918. The first kappa shape index (κ1) is 15.3. The highest BCUT2D eigenvalue weighted by Crippen LogP contribution is 2.27. The van der Waals surface area contributed by atoms with Crippen LogP contribution in [0, 0.1) is 11.3 Å². The molecule has 4 nitrogen and oxygen atoms in total. The van der Waals surface area contributed by atoms with Gasteiger partial charge in [-0.15, -0.1) is 0 Å². The van der Waals surface area contributed by atoms with E-state index < -0.39 is 25.2 Å². The molecule has 1 N–H and O–H groups in total. The second kappa shape index (κ2) is 5.93. The molecule has 0 saturated carbocycles. The Hall–Kier alpha value is -1.75. The number of hydrogen-bond acceptors (Lipinski definition) is 3. The van der Waals surface area contributed by atoms with Gasteiger partial charge in [-0.25, -0.2) is 0 Å². The van der Waals surface area contributed by atoms with Crippen LogP contribution in [-0.4, -0.2) is 30.3 Å². The Kier molecular flexibility index (Phi) is 4.78. The Balaban J connectivity index is 3.20. The van der Waals surface area contributed by atoms with Crippen LogP contribution in [0.3, 0.4) is 0 Å². The van der Waals surface area contributed by atoms with E-state index in [0.29, 0.717) is 9.37 Å². The summed E-state index contributed by atoms with van der Waals surface area (Å²) < 4.78 is 37.8. The van der Waals surface area contributed by atoms with Crippen LogP contribution in [0.1, 0.15) is 5.56 Å². The zero-order valence-electron chi connectivity index (χ0n) is 9.41. The molecule has 0 aliphatic rings. The molecule has 0 aromatic heterocycles. The first-order valence-electron chi connectivity index (χ1n) is 4.96. The SMILES string of the molecule is N#Cc1ccc(Br)cc1N(CC(=O)O)CC(F)(F)F. The Morgan fingerprint density at radius 3 is 2.58 bits per heavy atom. The molecule has 0 atom stereocenters. The highest BCUT2D eigenvalue weighted by atomic mass is 79.9. The monoisotopic (exact) mass is 336 g/mol. The van der Waals surface area contributed by atoms with Crippen LogP contribution < -0.4 is 4.90 Å². The fourth-order valence-electron chi connectivity index (χ4n) is 1.47. The summed E-state index contributed by atoms with van der Waals surface area (Å²) >= 11 is 3.07. The summed E-state index contributed by atoms with van der Waals surface area (Å²) in [6, 6.07) is 5.84. The number of halogens is 4. The van der Waals surface area contributed by atoms with Gasteiger partial charge in [-0.3, -0.25) is 4.79 Å². The predicted octanol–water partition coefficient (Wildman–Crippen LogP) is 2.77. The lowest BCUT2D eigenvalue weighted by atomic mass is 10.1. The van der Waals surface area contributed by atoms with Crippen molar-refractivity contribution in [2.75, 3.05) is 18.0 Å². The summed E-state index contributed by atoms with van der Waals surface area (Å²) in [5.41, 5.74) is -0.0923. The van der Waals surface area contributed by atoms with Crippen LogP contribution in [0.25, 0.3) is 0 Å². The Morgan fingerprint density at radius 1 is 1.47 bits per heavy atom. The van der Waals surface area contributed by atoms with Gasteiger partial charge in [0.2, 0.25) is 0 Å². The van der Waals surface area contributed by atoms with Gasteiger partial charge < -0.3 is 10.0 Å². The number of carboxylic acids is 1. The normalized spacial score (nSPS) is 10.9. The third-order valence-corrected chi connectivity index (χ3v) is 2.61. The molecule has 0 spiro atoms. The van der Waals surface area contributed by atoms with Crippen molar-refractivity contribution in [3.8, 4) is 6.07 Å². The summed E-state index contributed by atoms with van der Waals surface area (Å²) in [6.45, 7) is -2.28. The molecule has 0 aliphatic carbocycles. The minimum Gasteiger partial charge on any atom is -0.480 e. The average molecular weight is 337 g/mol. The van der Waals surface area contributed by atoms with Crippen molar-refractivity contribution in [1.29, 1.82) is 5.26 Å². The molecule has 1 rings (SSSR count). The lowest BCUT2D eigenvalue weighted by Gasteiger charge is -2.25. The number of alkyl halides is 3. The minimum absolute atomic E-state index is 0.0197. The van der Waals surface area contributed by atoms with Gasteiger partial charge in [0.1, 0.15) is 19.2 Å². The molecule has 19 heavy (non-hydrogen) atoms. The van der Waals surface area contributed by atoms with E-state index in [1.54, 1.807) is 6.07 Å². The molecule has 0 fully saturated rings. The van der Waals surface area contributed by atoms with Crippen LogP contribution in [0.5, 0.6) is 0 Å². The van der Waals surface area contributed by atoms with E-state index in [2.05, 4.69) is 15.9 Å². The number of aliphatic carboxylic acids is 1. The first-order chi connectivity index (χ1) is 8.73. The van der Waals surface area contributed by atoms with Crippen molar-refractivity contribution in [3.05, 3.63) is 28.2 Å². The molecular weight excluding hydrogens is 329 g/mol. The zero-order valence-corrected chi connectivity index (χ0v) is 11.0. The van der Waals surface area contributed by atoms with Gasteiger partial charge in [0.25, 0.3) is 0 Å². The average Bonchev–Trinajstić information content (AvgIpc) is 2.25.